The van der Waals surface area contributed by atoms with Crippen molar-refractivity contribution >= 4 is 5.91 Å². The first-order valence-corrected chi connectivity index (χ1v) is 8.47. The zero-order valence-corrected chi connectivity index (χ0v) is 13.7. The number of benzene rings is 1. The van der Waals surface area contributed by atoms with Crippen molar-refractivity contribution in [1.82, 2.24) is 15.6 Å². The predicted octanol–water partition coefficient (Wildman–Crippen LogP) is 2.18. The number of aromatic nitrogens is 1. The third kappa shape index (κ3) is 4.55. The first kappa shape index (κ1) is 16.5. The third-order valence-corrected chi connectivity index (χ3v) is 4.05. The molecule has 0 saturated heterocycles. The summed E-state index contributed by atoms with van der Waals surface area (Å²) >= 11 is 0. The third-order valence-electron chi connectivity index (χ3n) is 4.05. The average molecular weight is 325 g/mol. The van der Waals surface area contributed by atoms with E-state index in [1.807, 2.05) is 18.2 Å². The van der Waals surface area contributed by atoms with Crippen molar-refractivity contribution in [3.63, 3.8) is 0 Å². The molecule has 1 aliphatic rings. The molecule has 0 spiro atoms. The van der Waals surface area contributed by atoms with E-state index in [1.165, 1.54) is 5.56 Å². The monoisotopic (exact) mass is 325 g/mol. The molecule has 0 aliphatic carbocycles. The van der Waals surface area contributed by atoms with Crippen molar-refractivity contribution < 1.29 is 9.53 Å². The van der Waals surface area contributed by atoms with Gasteiger partial charge in [0.1, 0.15) is 17.5 Å². The summed E-state index contributed by atoms with van der Waals surface area (Å²) in [6.07, 6.45) is 4.79. The molecule has 1 unspecified atom stereocenters. The van der Waals surface area contributed by atoms with Crippen LogP contribution in [-0.4, -0.2) is 36.6 Å². The molecule has 2 N–H and O–H groups in total. The number of fused-ring (bicyclic) bond motifs is 1. The van der Waals surface area contributed by atoms with E-state index in [1.54, 1.807) is 18.3 Å². The van der Waals surface area contributed by atoms with Crippen molar-refractivity contribution in [2.24, 2.45) is 0 Å². The Balaban J connectivity index is 1.23. The molecule has 0 saturated carbocycles. The molecule has 1 atom stereocenters. The lowest BCUT2D eigenvalue weighted by molar-refractivity contribution is 0.0948. The van der Waals surface area contributed by atoms with Crippen molar-refractivity contribution in [3.8, 4) is 5.75 Å². The van der Waals surface area contributed by atoms with Crippen LogP contribution in [0, 0.1) is 0 Å². The van der Waals surface area contributed by atoms with E-state index in [0.717, 1.165) is 38.1 Å². The zero-order valence-electron chi connectivity index (χ0n) is 13.7. The lowest BCUT2D eigenvalue weighted by Gasteiger charge is -2.12. The summed E-state index contributed by atoms with van der Waals surface area (Å²) in [7, 11) is 0. The standard InChI is InChI=1S/C19H23N3O2/c23-19(17-8-3-4-11-21-17)22-12-6-5-10-20-14-16-13-15-7-1-2-9-18(15)24-16/h1-4,7-9,11,16,20H,5-6,10,12-14H2,(H,22,23). The molecule has 1 aromatic heterocycles. The van der Waals surface area contributed by atoms with Crippen LogP contribution in [0.25, 0.3) is 0 Å². The highest BCUT2D eigenvalue weighted by Gasteiger charge is 2.21. The number of pyridine rings is 1. The molecule has 2 heterocycles. The van der Waals surface area contributed by atoms with Gasteiger partial charge in [-0.3, -0.25) is 9.78 Å². The lowest BCUT2D eigenvalue weighted by atomic mass is 10.1. The summed E-state index contributed by atoms with van der Waals surface area (Å²) in [5.74, 6) is 0.905. The van der Waals surface area contributed by atoms with Crippen LogP contribution in [0.4, 0.5) is 0 Å². The molecular formula is C19H23N3O2. The van der Waals surface area contributed by atoms with E-state index >= 15 is 0 Å². The fourth-order valence-corrected chi connectivity index (χ4v) is 2.80. The largest absolute Gasteiger partial charge is 0.488 e. The number of rotatable bonds is 8. The molecule has 2 aromatic rings. The second-order valence-corrected chi connectivity index (χ2v) is 5.93. The number of amides is 1. The van der Waals surface area contributed by atoms with Gasteiger partial charge in [-0.15, -0.1) is 0 Å². The van der Waals surface area contributed by atoms with Crippen LogP contribution in [0.15, 0.2) is 48.7 Å². The number of ether oxygens (including phenoxy) is 1. The van der Waals surface area contributed by atoms with Gasteiger partial charge in [-0.1, -0.05) is 24.3 Å². The van der Waals surface area contributed by atoms with Gasteiger partial charge in [0.05, 0.1) is 0 Å². The second-order valence-electron chi connectivity index (χ2n) is 5.93. The van der Waals surface area contributed by atoms with Gasteiger partial charge in [-0.05, 0) is 43.1 Å². The Hall–Kier alpha value is -2.40. The molecule has 5 nitrogen and oxygen atoms in total. The molecular weight excluding hydrogens is 302 g/mol. The molecule has 1 aliphatic heterocycles. The Morgan fingerprint density at radius 1 is 1.12 bits per heavy atom. The molecule has 1 amide bonds. The van der Waals surface area contributed by atoms with Gasteiger partial charge in [0.2, 0.25) is 0 Å². The Morgan fingerprint density at radius 3 is 2.79 bits per heavy atom. The van der Waals surface area contributed by atoms with E-state index < -0.39 is 0 Å². The minimum atomic E-state index is -0.110. The van der Waals surface area contributed by atoms with Crippen LogP contribution in [0.2, 0.25) is 0 Å². The number of carbonyl (C=O) groups excluding carboxylic acids is 1. The number of nitrogens with one attached hydrogen (secondary N) is 2. The molecule has 24 heavy (non-hydrogen) atoms. The van der Waals surface area contributed by atoms with E-state index in [9.17, 15) is 4.79 Å². The van der Waals surface area contributed by atoms with E-state index in [0.29, 0.717) is 12.2 Å². The topological polar surface area (TPSA) is 63.2 Å². The highest BCUT2D eigenvalue weighted by Crippen LogP contribution is 2.27. The van der Waals surface area contributed by atoms with Crippen LogP contribution in [0.1, 0.15) is 28.9 Å². The number of hydrogen-bond acceptors (Lipinski definition) is 4. The first-order valence-electron chi connectivity index (χ1n) is 8.47. The van der Waals surface area contributed by atoms with Crippen molar-refractivity contribution in [3.05, 3.63) is 59.9 Å². The van der Waals surface area contributed by atoms with Crippen LogP contribution in [0.3, 0.4) is 0 Å². The fourth-order valence-electron chi connectivity index (χ4n) is 2.80. The zero-order chi connectivity index (χ0) is 16.6. The second kappa shape index (κ2) is 8.45. The van der Waals surface area contributed by atoms with Gasteiger partial charge in [-0.2, -0.15) is 0 Å². The summed E-state index contributed by atoms with van der Waals surface area (Å²) < 4.78 is 5.89. The molecule has 5 heteroatoms. The van der Waals surface area contributed by atoms with Gasteiger partial charge in [0.15, 0.2) is 0 Å². The van der Waals surface area contributed by atoms with Gasteiger partial charge in [-0.25, -0.2) is 0 Å². The minimum absolute atomic E-state index is 0.110. The Morgan fingerprint density at radius 2 is 1.96 bits per heavy atom. The predicted molar refractivity (Wildman–Crippen MR) is 93.2 cm³/mol. The maximum Gasteiger partial charge on any atom is 0.269 e. The number of unbranched alkanes of at least 4 members (excludes halogenated alkanes) is 1. The average Bonchev–Trinajstić information content (AvgIpc) is 3.04. The van der Waals surface area contributed by atoms with Crippen molar-refractivity contribution in [2.45, 2.75) is 25.4 Å². The van der Waals surface area contributed by atoms with Crippen LogP contribution >= 0.6 is 0 Å². The Labute approximate surface area is 142 Å². The van der Waals surface area contributed by atoms with E-state index in [-0.39, 0.29) is 12.0 Å². The van der Waals surface area contributed by atoms with Crippen LogP contribution in [-0.2, 0) is 6.42 Å². The quantitative estimate of drug-likeness (QED) is 0.730. The maximum atomic E-state index is 11.8. The van der Waals surface area contributed by atoms with E-state index in [2.05, 4.69) is 27.8 Å². The number of carbonyl (C=O) groups is 1. The van der Waals surface area contributed by atoms with Crippen molar-refractivity contribution in [1.29, 1.82) is 0 Å². The summed E-state index contributed by atoms with van der Waals surface area (Å²) in [6.45, 7) is 2.45. The normalized spacial score (nSPS) is 15.6. The highest BCUT2D eigenvalue weighted by molar-refractivity contribution is 5.92. The minimum Gasteiger partial charge on any atom is -0.488 e. The SMILES string of the molecule is O=C(NCCCCNCC1Cc2ccccc2O1)c1ccccn1. The van der Waals surface area contributed by atoms with Gasteiger partial charge in [0, 0.05) is 25.7 Å². The summed E-state index contributed by atoms with van der Waals surface area (Å²) in [5.41, 5.74) is 1.76. The number of nitrogens with zero attached hydrogens (tertiary/aromatic N) is 1. The van der Waals surface area contributed by atoms with Gasteiger partial charge in [0.25, 0.3) is 5.91 Å². The smallest absolute Gasteiger partial charge is 0.269 e. The Bertz CT molecular complexity index is 636. The molecule has 0 radical (unpaired) electrons. The molecule has 3 rings (SSSR count). The van der Waals surface area contributed by atoms with E-state index in [4.69, 9.17) is 4.74 Å². The maximum absolute atomic E-state index is 11.8. The highest BCUT2D eigenvalue weighted by atomic mass is 16.5. The molecule has 1 aromatic carbocycles. The summed E-state index contributed by atoms with van der Waals surface area (Å²) in [5, 5.41) is 6.32. The fraction of sp³-hybridized carbons (Fsp3) is 0.368. The Kier molecular flexibility index (Phi) is 5.80. The molecule has 0 fully saturated rings. The summed E-state index contributed by atoms with van der Waals surface area (Å²) in [6, 6.07) is 13.5. The number of hydrogen-bond donors (Lipinski definition) is 2. The van der Waals surface area contributed by atoms with Crippen molar-refractivity contribution in [2.75, 3.05) is 19.6 Å². The first-order chi connectivity index (χ1) is 11.8. The molecule has 0 bridgehead atoms. The lowest BCUT2D eigenvalue weighted by Crippen LogP contribution is -2.31. The summed E-state index contributed by atoms with van der Waals surface area (Å²) in [4.78, 5) is 15.8. The van der Waals surface area contributed by atoms with Crippen LogP contribution in [0.5, 0.6) is 5.75 Å². The number of para-hydroxylation sites is 1. The van der Waals surface area contributed by atoms with Gasteiger partial charge >= 0.3 is 0 Å². The van der Waals surface area contributed by atoms with Crippen LogP contribution < -0.4 is 15.4 Å². The molecule has 126 valence electrons. The van der Waals surface area contributed by atoms with Gasteiger partial charge < -0.3 is 15.4 Å².